The van der Waals surface area contributed by atoms with E-state index in [1.54, 1.807) is 0 Å². The number of rotatable bonds is 6. The van der Waals surface area contributed by atoms with Crippen molar-refractivity contribution in [2.45, 2.75) is 45.8 Å². The normalized spacial score (nSPS) is 14.8. The van der Waals surface area contributed by atoms with Crippen LogP contribution in [0.25, 0.3) is 0 Å². The van der Waals surface area contributed by atoms with E-state index >= 15 is 0 Å². The molecule has 0 atom stereocenters. The minimum absolute atomic E-state index is 0.0562. The molecular weight excluding hydrogens is 218 g/mol. The Kier molecular flexibility index (Phi) is 3.61. The van der Waals surface area contributed by atoms with Gasteiger partial charge in [0, 0.05) is 12.6 Å². The topological polar surface area (TPSA) is 72.0 Å². The maximum Gasteiger partial charge on any atom is 0.323 e. The smallest absolute Gasteiger partial charge is 0.323 e. The molecule has 1 aliphatic rings. The summed E-state index contributed by atoms with van der Waals surface area (Å²) in [6.07, 6.45) is 2.42. The van der Waals surface area contributed by atoms with Crippen molar-refractivity contribution >= 4 is 11.9 Å². The maximum absolute atomic E-state index is 5.50. The Hall–Kier alpha value is -1.59. The predicted octanol–water partition coefficient (Wildman–Crippen LogP) is 1.66. The van der Waals surface area contributed by atoms with E-state index in [2.05, 4.69) is 25.6 Å². The first-order chi connectivity index (χ1) is 8.17. The molecular formula is C11H19N5O. The highest BCUT2D eigenvalue weighted by Gasteiger charge is 2.22. The molecule has 0 amide bonds. The van der Waals surface area contributed by atoms with Gasteiger partial charge in [0.25, 0.3) is 0 Å². The third kappa shape index (κ3) is 3.72. The third-order valence-corrected chi connectivity index (χ3v) is 2.20. The monoisotopic (exact) mass is 237 g/mol. The number of ether oxygens (including phenoxy) is 1. The minimum atomic E-state index is 0.0562. The number of nitrogens with zero attached hydrogens (tertiary/aromatic N) is 3. The zero-order valence-corrected chi connectivity index (χ0v) is 10.5. The highest BCUT2D eigenvalue weighted by molar-refractivity contribution is 5.37. The fourth-order valence-electron chi connectivity index (χ4n) is 1.33. The van der Waals surface area contributed by atoms with E-state index in [4.69, 9.17) is 4.74 Å². The van der Waals surface area contributed by atoms with Gasteiger partial charge in [-0.05, 0) is 33.6 Å². The van der Waals surface area contributed by atoms with Crippen LogP contribution in [0.4, 0.5) is 11.9 Å². The Morgan fingerprint density at radius 3 is 2.53 bits per heavy atom. The lowest BCUT2D eigenvalue weighted by Crippen LogP contribution is -2.14. The van der Waals surface area contributed by atoms with Crippen molar-refractivity contribution in [3.8, 4) is 6.01 Å². The standard InChI is InChI=1S/C11H19N5O/c1-4-12-9-14-10(13-8-5-6-8)16-11(15-9)17-7(2)3/h7-8H,4-6H2,1-3H3,(H2,12,13,14,15,16). The first-order valence-electron chi connectivity index (χ1n) is 6.10. The van der Waals surface area contributed by atoms with Crippen molar-refractivity contribution in [3.63, 3.8) is 0 Å². The summed E-state index contributed by atoms with van der Waals surface area (Å²) in [6.45, 7) is 6.67. The van der Waals surface area contributed by atoms with Crippen LogP contribution in [0.1, 0.15) is 33.6 Å². The second kappa shape index (κ2) is 5.16. The van der Waals surface area contributed by atoms with Crippen LogP contribution in [-0.2, 0) is 0 Å². The quantitative estimate of drug-likeness (QED) is 0.784. The average Bonchev–Trinajstić information content (AvgIpc) is 3.00. The number of nitrogens with one attached hydrogen (secondary N) is 2. The molecule has 17 heavy (non-hydrogen) atoms. The van der Waals surface area contributed by atoms with Crippen LogP contribution in [0.3, 0.4) is 0 Å². The molecule has 0 radical (unpaired) electrons. The van der Waals surface area contributed by atoms with Crippen LogP contribution in [0, 0.1) is 0 Å². The second-order valence-corrected chi connectivity index (χ2v) is 4.38. The molecule has 94 valence electrons. The predicted molar refractivity (Wildman–Crippen MR) is 66.4 cm³/mol. The van der Waals surface area contributed by atoms with Crippen LogP contribution >= 0.6 is 0 Å². The van der Waals surface area contributed by atoms with Gasteiger partial charge in [-0.1, -0.05) is 0 Å². The summed E-state index contributed by atoms with van der Waals surface area (Å²) in [6, 6.07) is 0.882. The van der Waals surface area contributed by atoms with Gasteiger partial charge in [0.2, 0.25) is 11.9 Å². The first-order valence-corrected chi connectivity index (χ1v) is 6.10. The zero-order valence-electron chi connectivity index (χ0n) is 10.5. The second-order valence-electron chi connectivity index (χ2n) is 4.38. The summed E-state index contributed by atoms with van der Waals surface area (Å²) in [5.74, 6) is 1.15. The SMILES string of the molecule is CCNc1nc(NC2CC2)nc(OC(C)C)n1. The van der Waals surface area contributed by atoms with Gasteiger partial charge in [0.05, 0.1) is 6.10 Å². The molecule has 1 aromatic rings. The van der Waals surface area contributed by atoms with Crippen molar-refractivity contribution in [2.24, 2.45) is 0 Å². The van der Waals surface area contributed by atoms with Crippen LogP contribution < -0.4 is 15.4 Å². The van der Waals surface area contributed by atoms with Crippen molar-refractivity contribution in [1.82, 2.24) is 15.0 Å². The molecule has 6 heteroatoms. The Labute approximate surface area is 101 Å². The molecule has 1 heterocycles. The fourth-order valence-corrected chi connectivity index (χ4v) is 1.33. The van der Waals surface area contributed by atoms with Gasteiger partial charge in [-0.25, -0.2) is 0 Å². The molecule has 1 aliphatic carbocycles. The summed E-state index contributed by atoms with van der Waals surface area (Å²) in [5, 5.41) is 6.32. The zero-order chi connectivity index (χ0) is 12.3. The Morgan fingerprint density at radius 2 is 1.94 bits per heavy atom. The van der Waals surface area contributed by atoms with E-state index in [-0.39, 0.29) is 6.10 Å². The highest BCUT2D eigenvalue weighted by Crippen LogP contribution is 2.24. The summed E-state index contributed by atoms with van der Waals surface area (Å²) in [4.78, 5) is 12.7. The molecule has 2 rings (SSSR count). The molecule has 1 saturated carbocycles. The molecule has 6 nitrogen and oxygen atoms in total. The van der Waals surface area contributed by atoms with Gasteiger partial charge in [-0.15, -0.1) is 0 Å². The molecule has 1 fully saturated rings. The number of hydrogen-bond acceptors (Lipinski definition) is 6. The molecule has 0 unspecified atom stereocenters. The van der Waals surface area contributed by atoms with Gasteiger partial charge in [0.1, 0.15) is 0 Å². The van der Waals surface area contributed by atoms with Gasteiger partial charge in [-0.2, -0.15) is 15.0 Å². The lowest BCUT2D eigenvalue weighted by Gasteiger charge is -2.11. The van der Waals surface area contributed by atoms with E-state index in [1.807, 2.05) is 20.8 Å². The third-order valence-electron chi connectivity index (χ3n) is 2.20. The maximum atomic E-state index is 5.50. The van der Waals surface area contributed by atoms with Gasteiger partial charge >= 0.3 is 6.01 Å². The average molecular weight is 237 g/mol. The van der Waals surface area contributed by atoms with Gasteiger partial charge < -0.3 is 15.4 Å². The van der Waals surface area contributed by atoms with E-state index in [1.165, 1.54) is 12.8 Å². The van der Waals surface area contributed by atoms with E-state index in [9.17, 15) is 0 Å². The van der Waals surface area contributed by atoms with Crippen LogP contribution in [-0.4, -0.2) is 33.6 Å². The molecule has 0 saturated heterocycles. The minimum Gasteiger partial charge on any atom is -0.461 e. The number of aromatic nitrogens is 3. The van der Waals surface area contributed by atoms with Crippen molar-refractivity contribution in [3.05, 3.63) is 0 Å². The van der Waals surface area contributed by atoms with E-state index in [0.717, 1.165) is 6.54 Å². The lowest BCUT2D eigenvalue weighted by molar-refractivity contribution is 0.222. The van der Waals surface area contributed by atoms with Crippen LogP contribution in [0.5, 0.6) is 6.01 Å². The lowest BCUT2D eigenvalue weighted by atomic mass is 10.5. The fraction of sp³-hybridized carbons (Fsp3) is 0.727. The molecule has 1 aromatic heterocycles. The number of anilines is 2. The van der Waals surface area contributed by atoms with Crippen molar-refractivity contribution in [2.75, 3.05) is 17.2 Å². The van der Waals surface area contributed by atoms with Crippen LogP contribution in [0.2, 0.25) is 0 Å². The van der Waals surface area contributed by atoms with Crippen molar-refractivity contribution in [1.29, 1.82) is 0 Å². The number of hydrogen-bond donors (Lipinski definition) is 2. The Bertz CT molecular complexity index is 356. The summed E-state index contributed by atoms with van der Waals surface area (Å²) in [5.41, 5.74) is 0. The first kappa shape index (κ1) is 11.9. The summed E-state index contributed by atoms with van der Waals surface area (Å²) >= 11 is 0. The molecule has 0 aliphatic heterocycles. The summed E-state index contributed by atoms with van der Waals surface area (Å²) < 4.78 is 5.50. The molecule has 2 N–H and O–H groups in total. The van der Waals surface area contributed by atoms with Gasteiger partial charge in [0.15, 0.2) is 0 Å². The van der Waals surface area contributed by atoms with Gasteiger partial charge in [-0.3, -0.25) is 0 Å². The Balaban J connectivity index is 2.14. The molecule has 0 aromatic carbocycles. The largest absolute Gasteiger partial charge is 0.461 e. The molecule has 0 bridgehead atoms. The summed E-state index contributed by atoms with van der Waals surface area (Å²) in [7, 11) is 0. The highest BCUT2D eigenvalue weighted by atomic mass is 16.5. The van der Waals surface area contributed by atoms with Crippen LogP contribution in [0.15, 0.2) is 0 Å². The van der Waals surface area contributed by atoms with E-state index < -0.39 is 0 Å². The van der Waals surface area contributed by atoms with E-state index in [0.29, 0.717) is 23.9 Å². The molecule has 0 spiro atoms. The van der Waals surface area contributed by atoms with Crippen molar-refractivity contribution < 1.29 is 4.74 Å². The Morgan fingerprint density at radius 1 is 1.24 bits per heavy atom.